The fourth-order valence-corrected chi connectivity index (χ4v) is 3.26. The third-order valence-corrected chi connectivity index (χ3v) is 4.96. The summed E-state index contributed by atoms with van der Waals surface area (Å²) in [6.07, 6.45) is 4.42. The molecule has 0 saturated heterocycles. The molecule has 3 aromatic carbocycles. The largest absolute Gasteiger partial charge is 0.504 e. The first-order valence-electron chi connectivity index (χ1n) is 10.4. The zero-order chi connectivity index (χ0) is 23.9. The van der Waals surface area contributed by atoms with Crippen molar-refractivity contribution in [3.05, 3.63) is 102 Å². The van der Waals surface area contributed by atoms with Gasteiger partial charge >= 0.3 is 0 Å². The predicted molar refractivity (Wildman–Crippen MR) is 128 cm³/mol. The molecule has 0 aliphatic carbocycles. The number of hydrazine groups is 1. The molecule has 0 bridgehead atoms. The molecule has 0 aliphatic rings. The Balaban J connectivity index is 1.50. The minimum absolute atomic E-state index is 0.00151. The number of rotatable bonds is 6. The maximum absolute atomic E-state index is 12.9. The van der Waals surface area contributed by atoms with Gasteiger partial charge in [-0.25, -0.2) is 4.68 Å². The van der Waals surface area contributed by atoms with E-state index < -0.39 is 11.8 Å². The lowest BCUT2D eigenvalue weighted by molar-refractivity contribution is -0.117. The van der Waals surface area contributed by atoms with Crippen LogP contribution in [0, 0.1) is 0 Å². The molecule has 1 heterocycles. The molecule has 0 spiro atoms. The van der Waals surface area contributed by atoms with Gasteiger partial charge in [0.05, 0.1) is 18.4 Å². The van der Waals surface area contributed by atoms with Crippen molar-refractivity contribution < 1.29 is 19.4 Å². The SMILES string of the molecule is COc1cc(C=CC(=O)NNC(=O)c2cn(-c3ccccc3)nc2-c2ccccc2)ccc1O. The van der Waals surface area contributed by atoms with Gasteiger partial charge in [0, 0.05) is 17.8 Å². The molecule has 4 rings (SSSR count). The number of nitrogens with one attached hydrogen (secondary N) is 2. The van der Waals surface area contributed by atoms with Crippen LogP contribution in [0.25, 0.3) is 23.0 Å². The number of carbonyl (C=O) groups excluding carboxylic acids is 2. The molecule has 3 N–H and O–H groups in total. The predicted octanol–water partition coefficient (Wildman–Crippen LogP) is 3.73. The number of hydrogen-bond acceptors (Lipinski definition) is 5. The van der Waals surface area contributed by atoms with E-state index in [0.29, 0.717) is 22.6 Å². The van der Waals surface area contributed by atoms with Crippen LogP contribution in [-0.2, 0) is 4.79 Å². The highest BCUT2D eigenvalue weighted by atomic mass is 16.5. The Hall–Kier alpha value is -4.85. The highest BCUT2D eigenvalue weighted by molar-refractivity contribution is 6.01. The maximum Gasteiger partial charge on any atom is 0.273 e. The molecule has 4 aromatic rings. The van der Waals surface area contributed by atoms with E-state index in [2.05, 4.69) is 16.0 Å². The van der Waals surface area contributed by atoms with Gasteiger partial charge in [-0.1, -0.05) is 54.6 Å². The van der Waals surface area contributed by atoms with E-state index in [9.17, 15) is 14.7 Å². The number of carbonyl (C=O) groups is 2. The molecule has 1 aromatic heterocycles. The zero-order valence-electron chi connectivity index (χ0n) is 18.3. The monoisotopic (exact) mass is 454 g/mol. The number of aromatic nitrogens is 2. The third-order valence-electron chi connectivity index (χ3n) is 4.96. The molecule has 0 radical (unpaired) electrons. The van der Waals surface area contributed by atoms with Crippen molar-refractivity contribution in [1.29, 1.82) is 0 Å². The van der Waals surface area contributed by atoms with Gasteiger partial charge < -0.3 is 9.84 Å². The Morgan fingerprint density at radius 3 is 2.38 bits per heavy atom. The molecule has 0 fully saturated rings. The lowest BCUT2D eigenvalue weighted by Crippen LogP contribution is -2.40. The first-order valence-corrected chi connectivity index (χ1v) is 10.4. The van der Waals surface area contributed by atoms with E-state index in [1.165, 1.54) is 25.3 Å². The van der Waals surface area contributed by atoms with Crippen LogP contribution < -0.4 is 15.6 Å². The fourth-order valence-electron chi connectivity index (χ4n) is 3.26. The fraction of sp³-hybridized carbons (Fsp3) is 0.0385. The lowest BCUT2D eigenvalue weighted by Gasteiger charge is -2.06. The molecule has 8 heteroatoms. The lowest BCUT2D eigenvalue weighted by atomic mass is 10.1. The number of para-hydroxylation sites is 1. The average Bonchev–Trinajstić information content (AvgIpc) is 3.33. The number of hydrogen-bond donors (Lipinski definition) is 3. The molecule has 170 valence electrons. The molecule has 0 unspecified atom stereocenters. The van der Waals surface area contributed by atoms with Gasteiger partial charge in [0.15, 0.2) is 11.5 Å². The smallest absolute Gasteiger partial charge is 0.273 e. The highest BCUT2D eigenvalue weighted by Crippen LogP contribution is 2.27. The Bertz CT molecular complexity index is 1330. The number of amides is 2. The summed E-state index contributed by atoms with van der Waals surface area (Å²) in [6, 6.07) is 23.5. The average molecular weight is 454 g/mol. The number of ether oxygens (including phenoxy) is 1. The zero-order valence-corrected chi connectivity index (χ0v) is 18.3. The normalized spacial score (nSPS) is 10.7. The molecule has 0 saturated carbocycles. The maximum atomic E-state index is 12.9. The molecule has 2 amide bonds. The molecule has 0 atom stereocenters. The van der Waals surface area contributed by atoms with E-state index in [4.69, 9.17) is 4.74 Å². The minimum Gasteiger partial charge on any atom is -0.504 e. The van der Waals surface area contributed by atoms with Crippen molar-refractivity contribution in [3.8, 4) is 28.4 Å². The molecule has 34 heavy (non-hydrogen) atoms. The minimum atomic E-state index is -0.530. The topological polar surface area (TPSA) is 105 Å². The molecular formula is C26H22N4O4. The third kappa shape index (κ3) is 5.13. The van der Waals surface area contributed by atoms with E-state index in [0.717, 1.165) is 11.3 Å². The van der Waals surface area contributed by atoms with Crippen molar-refractivity contribution in [2.45, 2.75) is 0 Å². The van der Waals surface area contributed by atoms with Gasteiger partial charge in [-0.3, -0.25) is 20.4 Å². The van der Waals surface area contributed by atoms with Gasteiger partial charge in [-0.2, -0.15) is 5.10 Å². The standard InChI is InChI=1S/C26H22N4O4/c1-34-23-16-18(12-14-22(23)31)13-15-24(32)27-28-26(33)21-17-30(20-10-6-3-7-11-20)29-25(21)19-8-4-2-5-9-19/h2-17,31H,1H3,(H,27,32)(H,28,33). The van der Waals surface area contributed by atoms with E-state index in [-0.39, 0.29) is 5.75 Å². The van der Waals surface area contributed by atoms with Crippen molar-refractivity contribution in [1.82, 2.24) is 20.6 Å². The number of methoxy groups -OCH3 is 1. The summed E-state index contributed by atoms with van der Waals surface area (Å²) >= 11 is 0. The van der Waals surface area contributed by atoms with Crippen LogP contribution in [0.3, 0.4) is 0 Å². The number of benzene rings is 3. The Morgan fingerprint density at radius 2 is 1.68 bits per heavy atom. The Kier molecular flexibility index (Phi) is 6.69. The summed E-state index contributed by atoms with van der Waals surface area (Å²) < 4.78 is 6.67. The van der Waals surface area contributed by atoms with Crippen LogP contribution in [0.1, 0.15) is 15.9 Å². The van der Waals surface area contributed by atoms with Gasteiger partial charge in [0.2, 0.25) is 0 Å². The number of phenols is 1. The second-order valence-corrected chi connectivity index (χ2v) is 7.25. The van der Waals surface area contributed by atoms with Gasteiger partial charge in [-0.15, -0.1) is 0 Å². The first kappa shape index (κ1) is 22.3. The number of aromatic hydroxyl groups is 1. The van der Waals surface area contributed by atoms with Gasteiger partial charge in [-0.05, 0) is 35.9 Å². The number of nitrogens with zero attached hydrogens (tertiary/aromatic N) is 2. The second kappa shape index (κ2) is 10.2. The van der Waals surface area contributed by atoms with Crippen LogP contribution in [0.15, 0.2) is 91.1 Å². The van der Waals surface area contributed by atoms with Crippen LogP contribution in [0.2, 0.25) is 0 Å². The van der Waals surface area contributed by atoms with Crippen LogP contribution in [-0.4, -0.2) is 33.8 Å². The van der Waals surface area contributed by atoms with E-state index >= 15 is 0 Å². The summed E-state index contributed by atoms with van der Waals surface area (Å²) in [5.74, 6) is -0.743. The summed E-state index contributed by atoms with van der Waals surface area (Å²) in [5, 5.41) is 14.3. The van der Waals surface area contributed by atoms with Crippen molar-refractivity contribution in [2.24, 2.45) is 0 Å². The van der Waals surface area contributed by atoms with Crippen molar-refractivity contribution in [3.63, 3.8) is 0 Å². The summed E-state index contributed by atoms with van der Waals surface area (Å²) in [6.45, 7) is 0. The van der Waals surface area contributed by atoms with Gasteiger partial charge in [0.25, 0.3) is 11.8 Å². The summed E-state index contributed by atoms with van der Waals surface area (Å²) in [7, 11) is 1.44. The summed E-state index contributed by atoms with van der Waals surface area (Å²) in [4.78, 5) is 25.2. The van der Waals surface area contributed by atoms with Crippen molar-refractivity contribution >= 4 is 17.9 Å². The first-order chi connectivity index (χ1) is 16.5. The van der Waals surface area contributed by atoms with Crippen LogP contribution in [0.5, 0.6) is 11.5 Å². The van der Waals surface area contributed by atoms with E-state index in [1.54, 1.807) is 23.0 Å². The van der Waals surface area contributed by atoms with Gasteiger partial charge in [0.1, 0.15) is 5.69 Å². The summed E-state index contributed by atoms with van der Waals surface area (Å²) in [5.41, 5.74) is 7.83. The van der Waals surface area contributed by atoms with Crippen molar-refractivity contribution in [2.75, 3.05) is 7.11 Å². The number of phenolic OH excluding ortho intramolecular Hbond substituents is 1. The van der Waals surface area contributed by atoms with Crippen LogP contribution >= 0.6 is 0 Å². The molecule has 0 aliphatic heterocycles. The highest BCUT2D eigenvalue weighted by Gasteiger charge is 2.19. The van der Waals surface area contributed by atoms with Crippen LogP contribution in [0.4, 0.5) is 0 Å². The van der Waals surface area contributed by atoms with E-state index in [1.807, 2.05) is 60.7 Å². The Morgan fingerprint density at radius 1 is 0.971 bits per heavy atom. The molecule has 8 nitrogen and oxygen atoms in total. The second-order valence-electron chi connectivity index (χ2n) is 7.25. The Labute approximate surface area is 196 Å². The quantitative estimate of drug-likeness (QED) is 0.304. The molecular weight excluding hydrogens is 432 g/mol.